The Morgan fingerprint density at radius 3 is 2.30 bits per heavy atom. The standard InChI is InChI=1S/C3H3ClF3O2P/c4-10-8-1-2(9-10)3(5,6)7/h2H,1H2. The molecular weight excluding hydrogens is 191 g/mol. The fourth-order valence-electron chi connectivity index (χ4n) is 0.441. The zero-order valence-electron chi connectivity index (χ0n) is 4.56. The molecule has 0 aromatic carbocycles. The first-order chi connectivity index (χ1) is 4.50. The van der Waals surface area contributed by atoms with Gasteiger partial charge in [0.2, 0.25) is 0 Å². The molecule has 0 N–H and O–H groups in total. The minimum atomic E-state index is -4.36. The van der Waals surface area contributed by atoms with Crippen molar-refractivity contribution >= 4 is 19.0 Å². The van der Waals surface area contributed by atoms with Crippen LogP contribution in [0.1, 0.15) is 0 Å². The molecule has 60 valence electrons. The van der Waals surface area contributed by atoms with E-state index in [4.69, 9.17) is 11.2 Å². The molecule has 0 radical (unpaired) electrons. The summed E-state index contributed by atoms with van der Waals surface area (Å²) in [4.78, 5) is 0. The second-order valence-electron chi connectivity index (χ2n) is 1.64. The summed E-state index contributed by atoms with van der Waals surface area (Å²) in [5.41, 5.74) is 0. The number of hydrogen-bond donors (Lipinski definition) is 0. The van der Waals surface area contributed by atoms with E-state index in [-0.39, 0.29) is 0 Å². The van der Waals surface area contributed by atoms with Crippen molar-refractivity contribution in [2.24, 2.45) is 0 Å². The molecular formula is C3H3ClF3O2P. The van der Waals surface area contributed by atoms with Crippen LogP contribution >= 0.6 is 19.0 Å². The van der Waals surface area contributed by atoms with Crippen LogP contribution in [-0.4, -0.2) is 18.9 Å². The molecule has 0 aliphatic carbocycles. The summed E-state index contributed by atoms with van der Waals surface area (Å²) in [5.74, 6) is 0. The van der Waals surface area contributed by atoms with Crippen molar-refractivity contribution in [1.29, 1.82) is 0 Å². The van der Waals surface area contributed by atoms with Crippen molar-refractivity contribution in [2.75, 3.05) is 6.61 Å². The van der Waals surface area contributed by atoms with Gasteiger partial charge in [0.15, 0.2) is 6.10 Å². The van der Waals surface area contributed by atoms with Crippen molar-refractivity contribution in [3.8, 4) is 0 Å². The second-order valence-corrected chi connectivity index (χ2v) is 3.37. The number of halogens is 4. The minimum absolute atomic E-state index is 0.487. The Hall–Kier alpha value is 0.430. The molecule has 1 fully saturated rings. The lowest BCUT2D eigenvalue weighted by molar-refractivity contribution is -0.189. The van der Waals surface area contributed by atoms with E-state index in [9.17, 15) is 13.2 Å². The Kier molecular flexibility index (Phi) is 2.40. The van der Waals surface area contributed by atoms with Crippen LogP contribution in [0.5, 0.6) is 0 Å². The van der Waals surface area contributed by atoms with Gasteiger partial charge in [-0.1, -0.05) is 0 Å². The molecule has 1 heterocycles. The lowest BCUT2D eigenvalue weighted by Gasteiger charge is -2.10. The summed E-state index contributed by atoms with van der Waals surface area (Å²) in [7, 11) is -1.82. The molecule has 0 aromatic rings. The van der Waals surface area contributed by atoms with Gasteiger partial charge in [0.1, 0.15) is 0 Å². The average molecular weight is 194 g/mol. The molecule has 1 rings (SSSR count). The summed E-state index contributed by atoms with van der Waals surface area (Å²) >= 11 is 5.13. The Labute approximate surface area is 61.0 Å². The maximum atomic E-state index is 11.7. The van der Waals surface area contributed by atoms with E-state index in [1.165, 1.54) is 0 Å². The first-order valence-electron chi connectivity index (χ1n) is 2.32. The van der Waals surface area contributed by atoms with Gasteiger partial charge in [-0.25, -0.2) is 0 Å². The largest absolute Gasteiger partial charge is 0.417 e. The van der Waals surface area contributed by atoms with Crippen molar-refractivity contribution in [3.05, 3.63) is 0 Å². The smallest absolute Gasteiger partial charge is 0.319 e. The van der Waals surface area contributed by atoms with Crippen LogP contribution in [0.2, 0.25) is 0 Å². The molecule has 1 saturated heterocycles. The summed E-state index contributed by atoms with van der Waals surface area (Å²) in [6, 6.07) is 0. The minimum Gasteiger partial charge on any atom is -0.319 e. The third-order valence-electron chi connectivity index (χ3n) is 0.903. The highest BCUT2D eigenvalue weighted by Crippen LogP contribution is 2.52. The Bertz CT molecular complexity index is 129. The molecule has 0 spiro atoms. The highest BCUT2D eigenvalue weighted by Gasteiger charge is 2.46. The molecule has 2 atom stereocenters. The second kappa shape index (κ2) is 2.81. The topological polar surface area (TPSA) is 18.5 Å². The number of rotatable bonds is 0. The summed E-state index contributed by atoms with van der Waals surface area (Å²) in [5, 5.41) is 0. The normalized spacial score (nSPS) is 34.8. The van der Waals surface area contributed by atoms with Gasteiger partial charge in [0, 0.05) is 0 Å². The summed E-state index contributed by atoms with van der Waals surface area (Å²) < 4.78 is 43.6. The van der Waals surface area contributed by atoms with Crippen LogP contribution in [0.3, 0.4) is 0 Å². The van der Waals surface area contributed by atoms with Crippen LogP contribution < -0.4 is 0 Å². The van der Waals surface area contributed by atoms with E-state index in [0.29, 0.717) is 0 Å². The quantitative estimate of drug-likeness (QED) is 0.552. The first-order valence-corrected chi connectivity index (χ1v) is 4.40. The highest BCUT2D eigenvalue weighted by atomic mass is 35.7. The van der Waals surface area contributed by atoms with Gasteiger partial charge >= 0.3 is 6.18 Å². The first kappa shape index (κ1) is 8.53. The predicted molar refractivity (Wildman–Crippen MR) is 29.7 cm³/mol. The van der Waals surface area contributed by atoms with Gasteiger partial charge in [-0.15, -0.1) is 0 Å². The SMILES string of the molecule is FC(F)(F)C1COP(Cl)O1. The van der Waals surface area contributed by atoms with Gasteiger partial charge in [0.05, 0.1) is 6.61 Å². The Morgan fingerprint density at radius 1 is 1.50 bits per heavy atom. The maximum Gasteiger partial charge on any atom is 0.417 e. The van der Waals surface area contributed by atoms with Gasteiger partial charge in [-0.05, 0) is 11.2 Å². The van der Waals surface area contributed by atoms with Gasteiger partial charge < -0.3 is 9.05 Å². The van der Waals surface area contributed by atoms with Gasteiger partial charge in [-0.3, -0.25) is 0 Å². The number of alkyl halides is 3. The zero-order valence-corrected chi connectivity index (χ0v) is 6.21. The van der Waals surface area contributed by atoms with Crippen molar-refractivity contribution < 1.29 is 22.2 Å². The third kappa shape index (κ3) is 1.95. The molecule has 0 amide bonds. The summed E-state index contributed by atoms with van der Waals surface area (Å²) in [6.45, 7) is -0.487. The van der Waals surface area contributed by atoms with E-state index in [1.807, 2.05) is 0 Å². The van der Waals surface area contributed by atoms with E-state index in [0.717, 1.165) is 0 Å². The van der Waals surface area contributed by atoms with Crippen LogP contribution in [0.15, 0.2) is 0 Å². The highest BCUT2D eigenvalue weighted by molar-refractivity contribution is 7.76. The number of hydrogen-bond acceptors (Lipinski definition) is 2. The molecule has 0 bridgehead atoms. The predicted octanol–water partition coefficient (Wildman–Crippen LogP) is 2.43. The molecule has 2 unspecified atom stereocenters. The molecule has 7 heteroatoms. The van der Waals surface area contributed by atoms with E-state index in [1.54, 1.807) is 0 Å². The summed E-state index contributed by atoms with van der Waals surface area (Å²) in [6.07, 6.45) is -6.19. The van der Waals surface area contributed by atoms with Gasteiger partial charge in [-0.2, -0.15) is 13.2 Å². The zero-order chi connectivity index (χ0) is 7.78. The lowest BCUT2D eigenvalue weighted by atomic mass is 10.4. The fraction of sp³-hybridized carbons (Fsp3) is 1.00. The lowest BCUT2D eigenvalue weighted by Crippen LogP contribution is -2.29. The van der Waals surface area contributed by atoms with Crippen LogP contribution in [0, 0.1) is 0 Å². The van der Waals surface area contributed by atoms with Crippen LogP contribution in [-0.2, 0) is 9.05 Å². The maximum absolute atomic E-state index is 11.7. The van der Waals surface area contributed by atoms with Crippen LogP contribution in [0.4, 0.5) is 13.2 Å². The van der Waals surface area contributed by atoms with Crippen molar-refractivity contribution in [1.82, 2.24) is 0 Å². The monoisotopic (exact) mass is 194 g/mol. The molecule has 0 saturated carbocycles. The Morgan fingerprint density at radius 2 is 2.10 bits per heavy atom. The van der Waals surface area contributed by atoms with E-state index in [2.05, 4.69) is 9.05 Å². The van der Waals surface area contributed by atoms with Crippen molar-refractivity contribution in [2.45, 2.75) is 12.3 Å². The van der Waals surface area contributed by atoms with E-state index >= 15 is 0 Å². The fourth-order valence-corrected chi connectivity index (χ4v) is 1.59. The van der Waals surface area contributed by atoms with E-state index < -0.39 is 26.6 Å². The Balaban J connectivity index is 2.45. The molecule has 1 aliphatic heterocycles. The molecule has 10 heavy (non-hydrogen) atoms. The molecule has 0 aromatic heterocycles. The average Bonchev–Trinajstić information content (AvgIpc) is 2.11. The van der Waals surface area contributed by atoms with Gasteiger partial charge in [0.25, 0.3) is 7.73 Å². The third-order valence-corrected chi connectivity index (χ3v) is 2.21. The van der Waals surface area contributed by atoms with Crippen LogP contribution in [0.25, 0.3) is 0 Å². The molecule has 1 aliphatic rings. The van der Waals surface area contributed by atoms with Crippen molar-refractivity contribution in [3.63, 3.8) is 0 Å². The molecule has 2 nitrogen and oxygen atoms in total.